The third-order valence-corrected chi connectivity index (χ3v) is 5.53. The lowest BCUT2D eigenvalue weighted by atomic mass is 9.98. The van der Waals surface area contributed by atoms with Crippen molar-refractivity contribution < 1.29 is 13.7 Å². The van der Waals surface area contributed by atoms with Crippen LogP contribution in [0, 0.1) is 25.2 Å². The largest absolute Gasteiger partial charge is 0.464 e. The number of aryl methyl sites for hydroxylation is 2. The molecule has 0 radical (unpaired) electrons. The summed E-state index contributed by atoms with van der Waals surface area (Å²) >= 11 is 1.38. The van der Waals surface area contributed by atoms with Gasteiger partial charge in [0, 0.05) is 24.9 Å². The van der Waals surface area contributed by atoms with Crippen molar-refractivity contribution in [3.05, 3.63) is 52.7 Å². The highest BCUT2D eigenvalue weighted by Crippen LogP contribution is 2.36. The second-order valence-electron chi connectivity index (χ2n) is 6.41. The summed E-state index contributed by atoms with van der Waals surface area (Å²) in [5.74, 6) is 1.54. The van der Waals surface area contributed by atoms with Crippen molar-refractivity contribution in [2.45, 2.75) is 38.5 Å². The topological polar surface area (TPSA) is 96.2 Å². The van der Waals surface area contributed by atoms with Crippen LogP contribution in [0.25, 0.3) is 11.3 Å². The summed E-state index contributed by atoms with van der Waals surface area (Å²) in [6.45, 7) is 8.59. The molecule has 0 aliphatic heterocycles. The summed E-state index contributed by atoms with van der Waals surface area (Å²) in [7, 11) is 0. The van der Waals surface area contributed by atoms with Gasteiger partial charge >= 0.3 is 0 Å². The van der Waals surface area contributed by atoms with E-state index < -0.39 is 0 Å². The van der Waals surface area contributed by atoms with Crippen LogP contribution < -0.4 is 0 Å². The number of furan rings is 1. The van der Waals surface area contributed by atoms with Gasteiger partial charge in [0.2, 0.25) is 0 Å². The molecule has 8 heteroatoms. The predicted octanol–water partition coefficient (Wildman–Crippen LogP) is 4.59. The van der Waals surface area contributed by atoms with E-state index in [1.807, 2.05) is 26.8 Å². The number of rotatable bonds is 7. The molecular formula is C21H22N4O3S. The van der Waals surface area contributed by atoms with Gasteiger partial charge in [0.15, 0.2) is 0 Å². The molecule has 0 fully saturated rings. The number of aromatic nitrogens is 2. The van der Waals surface area contributed by atoms with Crippen molar-refractivity contribution in [1.82, 2.24) is 15.0 Å². The fourth-order valence-electron chi connectivity index (χ4n) is 3.11. The molecule has 0 unspecified atom stereocenters. The molecule has 0 saturated heterocycles. The van der Waals surface area contributed by atoms with Gasteiger partial charge in [0.1, 0.15) is 22.6 Å². The van der Waals surface area contributed by atoms with Crippen LogP contribution in [0.1, 0.15) is 46.9 Å². The van der Waals surface area contributed by atoms with E-state index >= 15 is 0 Å². The summed E-state index contributed by atoms with van der Waals surface area (Å²) in [4.78, 5) is 19.5. The number of nitrogens with zero attached hydrogens (tertiary/aromatic N) is 4. The number of pyridine rings is 1. The molecule has 0 N–H and O–H groups in total. The molecule has 0 aromatic carbocycles. The molecule has 29 heavy (non-hydrogen) atoms. The first-order valence-electron chi connectivity index (χ1n) is 9.32. The van der Waals surface area contributed by atoms with Crippen molar-refractivity contribution >= 4 is 17.7 Å². The highest BCUT2D eigenvalue weighted by atomic mass is 32.2. The van der Waals surface area contributed by atoms with Crippen LogP contribution in [0.5, 0.6) is 0 Å². The maximum Gasteiger partial charge on any atom is 0.256 e. The second kappa shape index (κ2) is 8.97. The van der Waals surface area contributed by atoms with E-state index in [-0.39, 0.29) is 5.91 Å². The Labute approximate surface area is 173 Å². The fourth-order valence-corrected chi connectivity index (χ4v) is 4.03. The van der Waals surface area contributed by atoms with E-state index in [4.69, 9.17) is 8.94 Å². The second-order valence-corrected chi connectivity index (χ2v) is 7.38. The normalized spacial score (nSPS) is 10.7. The predicted molar refractivity (Wildman–Crippen MR) is 109 cm³/mol. The zero-order valence-electron chi connectivity index (χ0n) is 16.9. The van der Waals surface area contributed by atoms with Gasteiger partial charge in [0.05, 0.1) is 34.3 Å². The van der Waals surface area contributed by atoms with Crippen LogP contribution >= 0.6 is 11.8 Å². The summed E-state index contributed by atoms with van der Waals surface area (Å²) < 4.78 is 10.7. The fraction of sp³-hybridized carbons (Fsp3) is 0.333. The van der Waals surface area contributed by atoms with Crippen LogP contribution in [-0.2, 0) is 5.75 Å². The Hall–Kier alpha value is -3.05. The summed E-state index contributed by atoms with van der Waals surface area (Å²) in [5, 5.41) is 14.5. The van der Waals surface area contributed by atoms with Gasteiger partial charge in [-0.15, -0.1) is 0 Å². The van der Waals surface area contributed by atoms with Gasteiger partial charge in [-0.25, -0.2) is 4.98 Å². The average Bonchev–Trinajstić information content (AvgIpc) is 3.38. The van der Waals surface area contributed by atoms with Gasteiger partial charge in [-0.1, -0.05) is 16.9 Å². The quantitative estimate of drug-likeness (QED) is 0.525. The van der Waals surface area contributed by atoms with E-state index in [1.54, 1.807) is 24.0 Å². The molecule has 3 heterocycles. The summed E-state index contributed by atoms with van der Waals surface area (Å²) in [6.07, 6.45) is 1.53. The number of amides is 1. The van der Waals surface area contributed by atoms with Gasteiger partial charge in [-0.05, 0) is 39.8 Å². The number of hydrogen-bond acceptors (Lipinski definition) is 7. The van der Waals surface area contributed by atoms with Crippen LogP contribution in [0.4, 0.5) is 0 Å². The molecule has 0 atom stereocenters. The Bertz CT molecular complexity index is 1050. The minimum atomic E-state index is -0.161. The Morgan fingerprint density at radius 1 is 1.31 bits per heavy atom. The molecule has 3 aromatic rings. The van der Waals surface area contributed by atoms with Gasteiger partial charge in [0.25, 0.3) is 5.91 Å². The first kappa shape index (κ1) is 20.7. The molecular weight excluding hydrogens is 388 g/mol. The lowest BCUT2D eigenvalue weighted by molar-refractivity contribution is 0.0772. The van der Waals surface area contributed by atoms with Crippen LogP contribution in [0.15, 0.2) is 38.4 Å². The first-order chi connectivity index (χ1) is 14.0. The van der Waals surface area contributed by atoms with E-state index in [1.165, 1.54) is 18.0 Å². The monoisotopic (exact) mass is 410 g/mol. The zero-order chi connectivity index (χ0) is 21.0. The van der Waals surface area contributed by atoms with Crippen LogP contribution in [0.3, 0.4) is 0 Å². The number of hydrogen-bond donors (Lipinski definition) is 0. The molecule has 0 spiro atoms. The number of nitriles is 1. The Morgan fingerprint density at radius 3 is 2.62 bits per heavy atom. The minimum Gasteiger partial charge on any atom is -0.464 e. The summed E-state index contributed by atoms with van der Waals surface area (Å²) in [6, 6.07) is 7.57. The number of carbonyl (C=O) groups is 1. The maximum atomic E-state index is 13.2. The molecule has 3 aromatic heterocycles. The number of carbonyl (C=O) groups excluding carboxylic acids is 1. The van der Waals surface area contributed by atoms with Gasteiger partial charge < -0.3 is 13.8 Å². The van der Waals surface area contributed by atoms with Crippen molar-refractivity contribution in [3.63, 3.8) is 0 Å². The smallest absolute Gasteiger partial charge is 0.256 e. The first-order valence-corrected chi connectivity index (χ1v) is 10.3. The van der Waals surface area contributed by atoms with Crippen molar-refractivity contribution in [2.24, 2.45) is 0 Å². The Morgan fingerprint density at radius 2 is 2.07 bits per heavy atom. The molecule has 0 bridgehead atoms. The van der Waals surface area contributed by atoms with Gasteiger partial charge in [-0.2, -0.15) is 5.26 Å². The van der Waals surface area contributed by atoms with Crippen LogP contribution in [-0.4, -0.2) is 34.0 Å². The van der Waals surface area contributed by atoms with E-state index in [0.29, 0.717) is 52.0 Å². The molecule has 150 valence electrons. The van der Waals surface area contributed by atoms with E-state index in [9.17, 15) is 10.1 Å². The highest BCUT2D eigenvalue weighted by molar-refractivity contribution is 7.98. The lowest BCUT2D eigenvalue weighted by Gasteiger charge is -2.22. The molecule has 1 amide bonds. The highest BCUT2D eigenvalue weighted by Gasteiger charge is 2.27. The molecule has 0 aliphatic rings. The third-order valence-electron chi connectivity index (χ3n) is 4.52. The van der Waals surface area contributed by atoms with Crippen molar-refractivity contribution in [1.29, 1.82) is 5.26 Å². The molecule has 0 aliphatic carbocycles. The van der Waals surface area contributed by atoms with Crippen LogP contribution in [0.2, 0.25) is 0 Å². The zero-order valence-corrected chi connectivity index (χ0v) is 17.7. The van der Waals surface area contributed by atoms with Crippen molar-refractivity contribution in [3.8, 4) is 17.4 Å². The van der Waals surface area contributed by atoms with Gasteiger partial charge in [-0.3, -0.25) is 4.79 Å². The van der Waals surface area contributed by atoms with Crippen molar-refractivity contribution in [2.75, 3.05) is 13.1 Å². The number of thioether (sulfide) groups is 1. The third kappa shape index (κ3) is 4.20. The molecule has 0 saturated carbocycles. The lowest BCUT2D eigenvalue weighted by Crippen LogP contribution is -2.32. The Balaban J connectivity index is 2.13. The average molecular weight is 410 g/mol. The standard InChI is InChI=1S/C21H22N4O3S/c1-5-25(6-2)21(26)18-14(4)23-20(29-12-15-10-13(3)28-24-15)16(11-22)19(18)17-8-7-9-27-17/h7-10H,5-6,12H2,1-4H3. The maximum absolute atomic E-state index is 13.2. The SMILES string of the molecule is CCN(CC)C(=O)c1c(C)nc(SCc2cc(C)on2)c(C#N)c1-c1ccco1. The Kier molecular flexibility index (Phi) is 6.39. The molecule has 3 rings (SSSR count). The minimum absolute atomic E-state index is 0.161. The molecule has 7 nitrogen and oxygen atoms in total. The van der Waals surface area contributed by atoms with E-state index in [2.05, 4.69) is 16.2 Å². The van der Waals surface area contributed by atoms with E-state index in [0.717, 1.165) is 11.5 Å². The summed E-state index contributed by atoms with van der Waals surface area (Å²) in [5.41, 5.74) is 2.54.